The van der Waals surface area contributed by atoms with E-state index in [0.29, 0.717) is 23.2 Å². The van der Waals surface area contributed by atoms with Crippen molar-refractivity contribution >= 4 is 33.4 Å². The number of rotatable bonds is 11. The molecule has 200 valence electrons. The van der Waals surface area contributed by atoms with Crippen LogP contribution in [0.1, 0.15) is 67.9 Å². The van der Waals surface area contributed by atoms with Crippen molar-refractivity contribution in [1.29, 1.82) is 0 Å². The zero-order valence-electron chi connectivity index (χ0n) is 21.4. The summed E-state index contributed by atoms with van der Waals surface area (Å²) in [6.45, 7) is 4.02. The largest absolute Gasteiger partial charge is 0.465 e. The van der Waals surface area contributed by atoms with Crippen LogP contribution < -0.4 is 14.9 Å². The number of esters is 1. The molecule has 1 aromatic heterocycles. The Morgan fingerprint density at radius 1 is 1.08 bits per heavy atom. The fourth-order valence-electron chi connectivity index (χ4n) is 4.61. The fourth-order valence-corrected chi connectivity index (χ4v) is 5.66. The van der Waals surface area contributed by atoms with Gasteiger partial charge in [-0.2, -0.15) is 4.72 Å². The quantitative estimate of drug-likeness (QED) is 0.424. The van der Waals surface area contributed by atoms with E-state index in [1.165, 1.54) is 56.6 Å². The van der Waals surface area contributed by atoms with Gasteiger partial charge in [-0.1, -0.05) is 19.3 Å². The monoisotopic (exact) mass is 529 g/mol. The maximum Gasteiger partial charge on any atom is 0.321 e. The normalized spacial score (nSPS) is 16.3. The molecule has 2 saturated carbocycles. The Bertz CT molecular complexity index is 1230. The average molecular weight is 530 g/mol. The van der Waals surface area contributed by atoms with Gasteiger partial charge in [0.15, 0.2) is 0 Å². The number of hydrogen-bond donors (Lipinski definition) is 2. The standard InChI is InChI=1S/C26H35N5O5S/c1-3-36-25(32)15-29-37(34,35)21-11-12-22(18(2)13-21)30-26(33)23-14-24(28-17-27-23)31(16-19-9-10-19)20-7-5-4-6-8-20/h11-14,17,19-20,29H,3-10,15-16H2,1-2H3,(H,30,33). The third kappa shape index (κ3) is 7.26. The number of sulfonamides is 1. The SMILES string of the molecule is CCOC(=O)CNS(=O)(=O)c1ccc(NC(=O)c2cc(N(CC3CC3)C3CCCCC3)ncn2)c(C)c1. The molecule has 0 spiro atoms. The van der Waals surface area contributed by atoms with Gasteiger partial charge in [0.1, 0.15) is 24.4 Å². The first-order chi connectivity index (χ1) is 17.8. The number of anilines is 2. The average Bonchev–Trinajstić information content (AvgIpc) is 3.72. The maximum absolute atomic E-state index is 13.1. The molecule has 4 rings (SSSR count). The number of amides is 1. The van der Waals surface area contributed by atoms with Gasteiger partial charge in [-0.3, -0.25) is 9.59 Å². The van der Waals surface area contributed by atoms with Crippen LogP contribution in [0.4, 0.5) is 11.5 Å². The number of hydrogen-bond acceptors (Lipinski definition) is 8. The van der Waals surface area contributed by atoms with Crippen molar-refractivity contribution < 1.29 is 22.7 Å². The van der Waals surface area contributed by atoms with Crippen LogP contribution in [0.25, 0.3) is 0 Å². The summed E-state index contributed by atoms with van der Waals surface area (Å²) >= 11 is 0. The molecule has 0 radical (unpaired) electrons. The predicted octanol–water partition coefficient (Wildman–Crippen LogP) is 3.43. The molecule has 2 aliphatic rings. The van der Waals surface area contributed by atoms with E-state index in [9.17, 15) is 18.0 Å². The van der Waals surface area contributed by atoms with Crippen LogP contribution in [-0.4, -0.2) is 56.0 Å². The molecule has 2 aromatic rings. The first kappa shape index (κ1) is 27.0. The van der Waals surface area contributed by atoms with Gasteiger partial charge < -0.3 is 15.0 Å². The molecule has 2 fully saturated rings. The molecule has 10 nitrogen and oxygen atoms in total. The van der Waals surface area contributed by atoms with E-state index < -0.39 is 28.4 Å². The predicted molar refractivity (Wildman–Crippen MR) is 140 cm³/mol. The van der Waals surface area contributed by atoms with E-state index >= 15 is 0 Å². The second kappa shape index (κ2) is 12.0. The van der Waals surface area contributed by atoms with Crippen molar-refractivity contribution in [3.8, 4) is 0 Å². The Balaban J connectivity index is 1.45. The summed E-state index contributed by atoms with van der Waals surface area (Å²) in [5, 5.41) is 2.83. The van der Waals surface area contributed by atoms with Gasteiger partial charge in [0.25, 0.3) is 5.91 Å². The summed E-state index contributed by atoms with van der Waals surface area (Å²) in [5.41, 5.74) is 1.28. The number of nitrogens with one attached hydrogen (secondary N) is 2. The lowest BCUT2D eigenvalue weighted by atomic mass is 9.94. The molecule has 37 heavy (non-hydrogen) atoms. The highest BCUT2D eigenvalue weighted by atomic mass is 32.2. The molecule has 0 unspecified atom stereocenters. The van der Waals surface area contributed by atoms with Gasteiger partial charge in [0.2, 0.25) is 10.0 Å². The topological polar surface area (TPSA) is 131 Å². The zero-order valence-corrected chi connectivity index (χ0v) is 22.2. The molecule has 2 aliphatic carbocycles. The molecule has 1 heterocycles. The lowest BCUT2D eigenvalue weighted by Gasteiger charge is -2.35. The molecule has 11 heteroatoms. The van der Waals surface area contributed by atoms with Gasteiger partial charge in [-0.15, -0.1) is 0 Å². The third-order valence-corrected chi connectivity index (χ3v) is 8.21. The molecule has 1 aromatic carbocycles. The summed E-state index contributed by atoms with van der Waals surface area (Å²) in [6, 6.07) is 6.53. The summed E-state index contributed by atoms with van der Waals surface area (Å²) in [4.78, 5) is 35.6. The summed E-state index contributed by atoms with van der Waals surface area (Å²) in [5.74, 6) is 0.427. The van der Waals surface area contributed by atoms with Gasteiger partial charge in [0, 0.05) is 24.3 Å². The summed E-state index contributed by atoms with van der Waals surface area (Å²) < 4.78 is 32.0. The van der Waals surface area contributed by atoms with E-state index in [1.807, 2.05) is 0 Å². The van der Waals surface area contributed by atoms with Crippen molar-refractivity contribution in [1.82, 2.24) is 14.7 Å². The van der Waals surface area contributed by atoms with Crippen molar-refractivity contribution in [2.24, 2.45) is 5.92 Å². The van der Waals surface area contributed by atoms with Crippen LogP contribution in [0.3, 0.4) is 0 Å². The molecule has 1 amide bonds. The van der Waals surface area contributed by atoms with Crippen LogP contribution >= 0.6 is 0 Å². The van der Waals surface area contributed by atoms with Gasteiger partial charge >= 0.3 is 5.97 Å². The van der Waals surface area contributed by atoms with Crippen LogP contribution in [0.5, 0.6) is 0 Å². The zero-order chi connectivity index (χ0) is 26.4. The smallest absolute Gasteiger partial charge is 0.321 e. The molecule has 0 bridgehead atoms. The first-order valence-corrected chi connectivity index (χ1v) is 14.4. The summed E-state index contributed by atoms with van der Waals surface area (Å²) in [6.07, 6.45) is 9.90. The lowest BCUT2D eigenvalue weighted by molar-refractivity contribution is -0.141. The van der Waals surface area contributed by atoms with Crippen LogP contribution in [0, 0.1) is 12.8 Å². The Morgan fingerprint density at radius 2 is 1.84 bits per heavy atom. The van der Waals surface area contributed by atoms with Gasteiger partial charge in [0.05, 0.1) is 11.5 Å². The Labute approximate surface area is 218 Å². The van der Waals surface area contributed by atoms with E-state index in [0.717, 1.165) is 25.2 Å². The van der Waals surface area contributed by atoms with E-state index in [-0.39, 0.29) is 17.2 Å². The highest BCUT2D eigenvalue weighted by molar-refractivity contribution is 7.89. The molecule has 0 aliphatic heterocycles. The number of aromatic nitrogens is 2. The third-order valence-electron chi connectivity index (χ3n) is 6.82. The molecule has 0 saturated heterocycles. The molecule has 2 N–H and O–H groups in total. The second-order valence-corrected chi connectivity index (χ2v) is 11.5. The van der Waals surface area contributed by atoms with Gasteiger partial charge in [-0.05, 0) is 69.2 Å². The van der Waals surface area contributed by atoms with Crippen molar-refractivity contribution in [2.45, 2.75) is 69.7 Å². The fraction of sp³-hybridized carbons (Fsp3) is 0.538. The maximum atomic E-state index is 13.1. The highest BCUT2D eigenvalue weighted by Gasteiger charge is 2.30. The number of carbonyl (C=O) groups is 2. The minimum Gasteiger partial charge on any atom is -0.465 e. The number of benzene rings is 1. The molecular weight excluding hydrogens is 494 g/mol. The van der Waals surface area contributed by atoms with E-state index in [4.69, 9.17) is 4.74 Å². The van der Waals surface area contributed by atoms with Crippen molar-refractivity contribution in [3.63, 3.8) is 0 Å². The molecular formula is C26H35N5O5S. The number of nitrogens with zero attached hydrogens (tertiary/aromatic N) is 3. The number of carbonyl (C=O) groups excluding carboxylic acids is 2. The van der Waals surface area contributed by atoms with Gasteiger partial charge in [-0.25, -0.2) is 18.4 Å². The van der Waals surface area contributed by atoms with E-state index in [2.05, 4.69) is 24.9 Å². The lowest BCUT2D eigenvalue weighted by Crippen LogP contribution is -2.39. The minimum absolute atomic E-state index is 0.0141. The van der Waals surface area contributed by atoms with Crippen molar-refractivity contribution in [2.75, 3.05) is 29.9 Å². The van der Waals surface area contributed by atoms with Crippen molar-refractivity contribution in [3.05, 3.63) is 41.9 Å². The Morgan fingerprint density at radius 3 is 2.51 bits per heavy atom. The Kier molecular flexibility index (Phi) is 8.75. The Hall–Kier alpha value is -3.05. The second-order valence-electron chi connectivity index (χ2n) is 9.71. The highest BCUT2D eigenvalue weighted by Crippen LogP contribution is 2.34. The number of ether oxygens (including phenoxy) is 1. The van der Waals surface area contributed by atoms with Crippen LogP contribution in [-0.2, 0) is 19.6 Å². The minimum atomic E-state index is -3.91. The van der Waals surface area contributed by atoms with Crippen LogP contribution in [0.15, 0.2) is 35.5 Å². The van der Waals surface area contributed by atoms with Crippen LogP contribution in [0.2, 0.25) is 0 Å². The number of aryl methyl sites for hydroxylation is 1. The summed E-state index contributed by atoms with van der Waals surface area (Å²) in [7, 11) is -3.91. The molecule has 0 atom stereocenters. The first-order valence-electron chi connectivity index (χ1n) is 12.9. The van der Waals surface area contributed by atoms with E-state index in [1.54, 1.807) is 19.9 Å².